The molecule has 1 saturated carbocycles. The van der Waals surface area contributed by atoms with Gasteiger partial charge in [0.1, 0.15) is 0 Å². The minimum atomic E-state index is -3.48. The first-order valence-corrected chi connectivity index (χ1v) is 9.56. The number of rotatable bonds is 7. The van der Waals surface area contributed by atoms with E-state index in [1.165, 1.54) is 12.8 Å². The lowest BCUT2D eigenvalue weighted by atomic mass is 10.1. The van der Waals surface area contributed by atoms with E-state index in [-0.39, 0.29) is 0 Å². The Labute approximate surface area is 135 Å². The zero-order valence-electron chi connectivity index (χ0n) is 12.7. The summed E-state index contributed by atoms with van der Waals surface area (Å²) in [7, 11) is -1.63. The second-order valence-electron chi connectivity index (χ2n) is 5.92. The molecule has 2 N–H and O–H groups in total. The average molecular weight is 375 g/mol. The first kappa shape index (κ1) is 16.9. The lowest BCUT2D eigenvalue weighted by molar-refractivity contribution is 0.491. The molecule has 4 nitrogen and oxygen atoms in total. The molecule has 118 valence electrons. The second-order valence-corrected chi connectivity index (χ2v) is 8.45. The van der Waals surface area contributed by atoms with Crippen LogP contribution in [0.4, 0.5) is 0 Å². The van der Waals surface area contributed by atoms with Gasteiger partial charge < -0.3 is 5.32 Å². The molecule has 1 aromatic rings. The average Bonchev–Trinajstić information content (AvgIpc) is 3.24. The minimum absolute atomic E-state index is 0.329. The summed E-state index contributed by atoms with van der Waals surface area (Å²) in [6, 6.07) is 3.73. The van der Waals surface area contributed by atoms with Gasteiger partial charge in [-0.1, -0.05) is 13.0 Å². The van der Waals surface area contributed by atoms with Crippen molar-refractivity contribution in [3.05, 3.63) is 27.7 Å². The van der Waals surface area contributed by atoms with Crippen LogP contribution in [0.5, 0.6) is 0 Å². The van der Waals surface area contributed by atoms with E-state index in [2.05, 4.69) is 32.9 Å². The summed E-state index contributed by atoms with van der Waals surface area (Å²) in [5, 5.41) is 3.05. The molecular weight excluding hydrogens is 352 g/mol. The Morgan fingerprint density at radius 1 is 1.38 bits per heavy atom. The molecule has 1 aliphatic rings. The lowest BCUT2D eigenvalue weighted by Crippen LogP contribution is -2.29. The number of sulfonamides is 1. The summed E-state index contributed by atoms with van der Waals surface area (Å²) in [5.41, 5.74) is 1.90. The maximum atomic E-state index is 12.5. The maximum absolute atomic E-state index is 12.5. The third kappa shape index (κ3) is 4.28. The first-order chi connectivity index (χ1) is 9.85. The Morgan fingerprint density at radius 3 is 2.62 bits per heavy atom. The van der Waals surface area contributed by atoms with Crippen molar-refractivity contribution in [1.29, 1.82) is 0 Å². The van der Waals surface area contributed by atoms with Crippen molar-refractivity contribution in [3.8, 4) is 0 Å². The highest BCUT2D eigenvalue weighted by Crippen LogP contribution is 2.36. The highest BCUT2D eigenvalue weighted by molar-refractivity contribution is 9.10. The van der Waals surface area contributed by atoms with Gasteiger partial charge in [-0.15, -0.1) is 0 Å². The maximum Gasteiger partial charge on any atom is 0.241 e. The van der Waals surface area contributed by atoms with Crippen molar-refractivity contribution >= 4 is 26.0 Å². The molecule has 1 aliphatic carbocycles. The van der Waals surface area contributed by atoms with E-state index < -0.39 is 10.0 Å². The number of benzene rings is 1. The molecule has 0 amide bonds. The highest BCUT2D eigenvalue weighted by atomic mass is 79.9. The molecule has 21 heavy (non-hydrogen) atoms. The lowest BCUT2D eigenvalue weighted by Gasteiger charge is -2.15. The smallest absolute Gasteiger partial charge is 0.241 e. The predicted molar refractivity (Wildman–Crippen MR) is 88.7 cm³/mol. The highest BCUT2D eigenvalue weighted by Gasteiger charge is 2.29. The molecule has 6 heteroatoms. The third-order valence-corrected chi connectivity index (χ3v) is 6.74. The number of halogens is 1. The van der Waals surface area contributed by atoms with Gasteiger partial charge in [0.05, 0.1) is 4.90 Å². The molecule has 1 aromatic carbocycles. The van der Waals surface area contributed by atoms with Crippen LogP contribution in [0.2, 0.25) is 0 Å². The molecule has 0 spiro atoms. The van der Waals surface area contributed by atoms with Crippen molar-refractivity contribution in [2.75, 3.05) is 13.6 Å². The van der Waals surface area contributed by atoms with E-state index in [4.69, 9.17) is 0 Å². The zero-order valence-corrected chi connectivity index (χ0v) is 15.1. The van der Waals surface area contributed by atoms with Crippen LogP contribution in [0, 0.1) is 18.8 Å². The topological polar surface area (TPSA) is 58.2 Å². The monoisotopic (exact) mass is 374 g/mol. The van der Waals surface area contributed by atoms with E-state index in [0.717, 1.165) is 11.1 Å². The van der Waals surface area contributed by atoms with Crippen LogP contribution in [-0.2, 0) is 16.6 Å². The quantitative estimate of drug-likeness (QED) is 0.771. The SMILES string of the molecule is CNCc1cc(C)c(Br)c(S(=O)(=O)NCC(C)C2CC2)c1. The van der Waals surface area contributed by atoms with Gasteiger partial charge in [-0.2, -0.15) is 0 Å². The van der Waals surface area contributed by atoms with E-state index >= 15 is 0 Å². The summed E-state index contributed by atoms with van der Waals surface area (Å²) in [5.74, 6) is 1.09. The van der Waals surface area contributed by atoms with Gasteiger partial charge in [0.15, 0.2) is 0 Å². The Kier molecular flexibility index (Phi) is 5.46. The molecular formula is C15H23BrN2O2S. The largest absolute Gasteiger partial charge is 0.316 e. The minimum Gasteiger partial charge on any atom is -0.316 e. The molecule has 1 fully saturated rings. The summed E-state index contributed by atoms with van der Waals surface area (Å²) >= 11 is 3.41. The molecule has 0 aromatic heterocycles. The number of hydrogen-bond donors (Lipinski definition) is 2. The van der Waals surface area contributed by atoms with Crippen LogP contribution in [-0.4, -0.2) is 22.0 Å². The van der Waals surface area contributed by atoms with E-state index in [0.29, 0.717) is 34.3 Å². The Bertz CT molecular complexity index is 612. The van der Waals surface area contributed by atoms with Gasteiger partial charge in [0.2, 0.25) is 10.0 Å². The normalized spacial score (nSPS) is 17.0. The summed E-state index contributed by atoms with van der Waals surface area (Å²) < 4.78 is 28.5. The Morgan fingerprint density at radius 2 is 2.05 bits per heavy atom. The van der Waals surface area contributed by atoms with Crippen molar-refractivity contribution in [2.45, 2.75) is 38.1 Å². The number of nitrogens with one attached hydrogen (secondary N) is 2. The molecule has 0 saturated heterocycles. The third-order valence-electron chi connectivity index (χ3n) is 3.97. The van der Waals surface area contributed by atoms with Gasteiger partial charge in [-0.25, -0.2) is 13.1 Å². The Hall–Kier alpha value is -0.430. The standard InChI is InChI=1S/C15H23BrN2O2S/c1-10-6-12(9-17-3)7-14(15(10)16)21(19,20)18-8-11(2)13-4-5-13/h6-7,11,13,17-18H,4-5,8-9H2,1-3H3. The van der Waals surface area contributed by atoms with Crippen molar-refractivity contribution in [2.24, 2.45) is 11.8 Å². The van der Waals surface area contributed by atoms with Crippen LogP contribution in [0.1, 0.15) is 30.9 Å². The zero-order chi connectivity index (χ0) is 15.6. The molecule has 0 heterocycles. The van der Waals surface area contributed by atoms with Crippen molar-refractivity contribution in [3.63, 3.8) is 0 Å². The van der Waals surface area contributed by atoms with E-state index in [1.807, 2.05) is 20.0 Å². The van der Waals surface area contributed by atoms with Crippen LogP contribution < -0.4 is 10.0 Å². The Balaban J connectivity index is 2.21. The van der Waals surface area contributed by atoms with Crippen LogP contribution in [0.15, 0.2) is 21.5 Å². The fraction of sp³-hybridized carbons (Fsp3) is 0.600. The van der Waals surface area contributed by atoms with Gasteiger partial charge in [0, 0.05) is 17.6 Å². The first-order valence-electron chi connectivity index (χ1n) is 7.28. The van der Waals surface area contributed by atoms with Gasteiger partial charge in [0.25, 0.3) is 0 Å². The predicted octanol–water partition coefficient (Wildman–Crippen LogP) is 2.80. The van der Waals surface area contributed by atoms with Crippen molar-refractivity contribution in [1.82, 2.24) is 10.0 Å². The molecule has 1 atom stereocenters. The van der Waals surface area contributed by atoms with E-state index in [9.17, 15) is 8.42 Å². The molecule has 0 aliphatic heterocycles. The van der Waals surface area contributed by atoms with Crippen LogP contribution in [0.3, 0.4) is 0 Å². The van der Waals surface area contributed by atoms with Crippen molar-refractivity contribution < 1.29 is 8.42 Å². The molecule has 0 bridgehead atoms. The fourth-order valence-corrected chi connectivity index (χ4v) is 4.67. The van der Waals surface area contributed by atoms with Gasteiger partial charge in [-0.05, 0) is 71.8 Å². The molecule has 0 radical (unpaired) electrons. The molecule has 2 rings (SSSR count). The fourth-order valence-electron chi connectivity index (χ4n) is 2.46. The second kappa shape index (κ2) is 6.77. The van der Waals surface area contributed by atoms with Gasteiger partial charge in [-0.3, -0.25) is 0 Å². The van der Waals surface area contributed by atoms with Gasteiger partial charge >= 0.3 is 0 Å². The number of hydrogen-bond acceptors (Lipinski definition) is 3. The number of aryl methyl sites for hydroxylation is 1. The summed E-state index contributed by atoms with van der Waals surface area (Å²) in [4.78, 5) is 0.329. The van der Waals surface area contributed by atoms with Crippen LogP contribution >= 0.6 is 15.9 Å². The summed E-state index contributed by atoms with van der Waals surface area (Å²) in [6.45, 7) is 5.18. The molecule has 1 unspecified atom stereocenters. The van der Waals surface area contributed by atoms with E-state index in [1.54, 1.807) is 6.07 Å². The summed E-state index contributed by atoms with van der Waals surface area (Å²) in [6.07, 6.45) is 2.45. The van der Waals surface area contributed by atoms with Crippen LogP contribution in [0.25, 0.3) is 0 Å².